The van der Waals surface area contributed by atoms with E-state index in [-0.39, 0.29) is 11.2 Å². The van der Waals surface area contributed by atoms with E-state index in [1.54, 1.807) is 0 Å². The Morgan fingerprint density at radius 3 is 2.42 bits per heavy atom. The van der Waals surface area contributed by atoms with Crippen LogP contribution in [0.5, 0.6) is 0 Å². The van der Waals surface area contributed by atoms with Gasteiger partial charge in [-0.15, -0.1) is 0 Å². The zero-order valence-electron chi connectivity index (χ0n) is 15.3. The molecule has 4 saturated carbocycles. The van der Waals surface area contributed by atoms with Crippen molar-refractivity contribution in [2.24, 2.45) is 30.2 Å². The van der Waals surface area contributed by atoms with Crippen molar-refractivity contribution in [3.8, 4) is 6.07 Å². The largest absolute Gasteiger partial charge is 0.330 e. The van der Waals surface area contributed by atoms with E-state index in [0.717, 1.165) is 28.8 Å². The summed E-state index contributed by atoms with van der Waals surface area (Å²) in [5.74, 6) is 2.40. The molecule has 0 spiro atoms. The highest BCUT2D eigenvalue weighted by Gasteiger charge is 2.52. The van der Waals surface area contributed by atoms with Gasteiger partial charge in [0, 0.05) is 13.5 Å². The fourth-order valence-corrected chi connectivity index (χ4v) is 6.67. The Morgan fingerprint density at radius 1 is 1.23 bits per heavy atom. The molecule has 4 aliphatic carbocycles. The minimum Gasteiger partial charge on any atom is -0.330 e. The van der Waals surface area contributed by atoms with Crippen molar-refractivity contribution in [1.29, 1.82) is 5.26 Å². The lowest BCUT2D eigenvalue weighted by Crippen LogP contribution is -2.47. The number of rotatable bonds is 4. The second-order valence-electron chi connectivity index (χ2n) is 9.14. The van der Waals surface area contributed by atoms with Crippen molar-refractivity contribution < 1.29 is 4.79 Å². The van der Waals surface area contributed by atoms with Crippen LogP contribution in [0.25, 0.3) is 11.0 Å². The molecule has 0 saturated heterocycles. The minimum absolute atomic E-state index is 0.0767. The monoisotopic (exact) mass is 347 g/mol. The zero-order valence-corrected chi connectivity index (χ0v) is 15.3. The minimum atomic E-state index is -0.750. The van der Waals surface area contributed by atoms with Crippen LogP contribution < -0.4 is 0 Å². The molecular formula is C22H25N3O. The fourth-order valence-electron chi connectivity index (χ4n) is 6.67. The summed E-state index contributed by atoms with van der Waals surface area (Å²) in [7, 11) is 1.91. The number of Topliss-reactive ketones (excluding diaryl/α,β-unsaturated/α-hetero) is 1. The number of aromatic nitrogens is 2. The van der Waals surface area contributed by atoms with Crippen molar-refractivity contribution in [1.82, 2.24) is 9.55 Å². The lowest BCUT2D eigenvalue weighted by molar-refractivity contribution is -0.127. The summed E-state index contributed by atoms with van der Waals surface area (Å²) < 4.78 is 1.92. The summed E-state index contributed by atoms with van der Waals surface area (Å²) in [6.45, 7) is 0. The summed E-state index contributed by atoms with van der Waals surface area (Å²) in [5.41, 5.74) is 2.00. The smallest absolute Gasteiger partial charge is 0.162 e. The van der Waals surface area contributed by atoms with Crippen molar-refractivity contribution in [2.75, 3.05) is 0 Å². The number of para-hydroxylation sites is 2. The van der Waals surface area contributed by atoms with E-state index < -0.39 is 5.92 Å². The van der Waals surface area contributed by atoms with Crippen LogP contribution in [0.1, 0.15) is 56.7 Å². The number of carbonyl (C=O) groups excluding carboxylic acids is 1. The molecule has 2 aromatic rings. The van der Waals surface area contributed by atoms with Crippen molar-refractivity contribution in [3.05, 3.63) is 30.1 Å². The van der Waals surface area contributed by atoms with Gasteiger partial charge < -0.3 is 4.57 Å². The predicted molar refractivity (Wildman–Crippen MR) is 99.3 cm³/mol. The third-order valence-electron chi connectivity index (χ3n) is 7.25. The molecule has 4 aliphatic rings. The predicted octanol–water partition coefficient (Wildman–Crippen LogP) is 4.36. The molecule has 1 aromatic heterocycles. The van der Waals surface area contributed by atoms with Crippen LogP contribution in [0.15, 0.2) is 24.3 Å². The van der Waals surface area contributed by atoms with E-state index in [9.17, 15) is 10.1 Å². The van der Waals surface area contributed by atoms with Crippen LogP contribution in [0.3, 0.4) is 0 Å². The number of benzene rings is 1. The van der Waals surface area contributed by atoms with Gasteiger partial charge in [-0.1, -0.05) is 12.1 Å². The molecule has 1 unspecified atom stereocenters. The number of hydrogen-bond acceptors (Lipinski definition) is 3. The Bertz CT molecular complexity index is 884. The quantitative estimate of drug-likeness (QED) is 0.826. The number of ketones is 1. The Hall–Kier alpha value is -2.15. The normalized spacial score (nSPS) is 33.3. The number of hydrogen-bond donors (Lipinski definition) is 0. The van der Waals surface area contributed by atoms with Gasteiger partial charge in [0.1, 0.15) is 5.82 Å². The molecular weight excluding hydrogens is 322 g/mol. The molecule has 26 heavy (non-hydrogen) atoms. The van der Waals surface area contributed by atoms with Gasteiger partial charge in [0.25, 0.3) is 0 Å². The number of nitrogens with zero attached hydrogens (tertiary/aromatic N) is 3. The van der Waals surface area contributed by atoms with E-state index in [1.807, 2.05) is 35.9 Å². The second-order valence-corrected chi connectivity index (χ2v) is 9.14. The van der Waals surface area contributed by atoms with Crippen LogP contribution in [-0.4, -0.2) is 15.3 Å². The summed E-state index contributed by atoms with van der Waals surface area (Å²) in [6.07, 6.45) is 8.29. The lowest BCUT2D eigenvalue weighted by Gasteiger charge is -2.56. The van der Waals surface area contributed by atoms with Crippen molar-refractivity contribution in [2.45, 2.75) is 50.9 Å². The number of nitriles is 1. The van der Waals surface area contributed by atoms with E-state index in [4.69, 9.17) is 0 Å². The molecule has 1 heterocycles. The van der Waals surface area contributed by atoms with Crippen LogP contribution in [0.4, 0.5) is 0 Å². The van der Waals surface area contributed by atoms with Crippen LogP contribution >= 0.6 is 0 Å². The molecule has 4 bridgehead atoms. The summed E-state index contributed by atoms with van der Waals surface area (Å²) in [6, 6.07) is 10.1. The molecule has 4 nitrogen and oxygen atoms in total. The molecule has 4 heteroatoms. The van der Waals surface area contributed by atoms with E-state index in [2.05, 4.69) is 11.1 Å². The first-order valence-electron chi connectivity index (χ1n) is 9.90. The zero-order chi connectivity index (χ0) is 17.9. The molecule has 134 valence electrons. The highest BCUT2D eigenvalue weighted by atomic mass is 16.1. The van der Waals surface area contributed by atoms with Crippen LogP contribution in [0.2, 0.25) is 0 Å². The summed E-state index contributed by atoms with van der Waals surface area (Å²) in [5, 5.41) is 9.79. The molecule has 1 aromatic carbocycles. The Morgan fingerprint density at radius 2 is 1.85 bits per heavy atom. The first-order chi connectivity index (χ1) is 12.6. The molecule has 0 radical (unpaired) electrons. The fraction of sp³-hybridized carbons (Fsp3) is 0.591. The van der Waals surface area contributed by atoms with Gasteiger partial charge in [0.15, 0.2) is 11.7 Å². The van der Waals surface area contributed by atoms with Gasteiger partial charge in [0.2, 0.25) is 0 Å². The Balaban J connectivity index is 1.43. The van der Waals surface area contributed by atoms with Gasteiger partial charge >= 0.3 is 0 Å². The molecule has 4 fully saturated rings. The molecule has 6 rings (SSSR count). The maximum absolute atomic E-state index is 13.2. The average molecular weight is 347 g/mol. The van der Waals surface area contributed by atoms with Gasteiger partial charge in [-0.3, -0.25) is 4.79 Å². The van der Waals surface area contributed by atoms with E-state index in [0.29, 0.717) is 12.2 Å². The number of imidazole rings is 1. The Labute approximate surface area is 154 Å². The standard InChI is InChI=1S/C22H25N3O/c1-25-19-5-3-2-4-18(19)24-21(25)17(13-23)20(26)12-22-9-14-6-15(10-22)8-16(7-14)11-22/h2-5,14-17H,6-12H2,1H3. The first-order valence-corrected chi connectivity index (χ1v) is 9.90. The second kappa shape index (κ2) is 5.67. The Kier molecular flexibility index (Phi) is 3.50. The highest BCUT2D eigenvalue weighted by molar-refractivity contribution is 5.89. The molecule has 1 atom stereocenters. The van der Waals surface area contributed by atoms with E-state index >= 15 is 0 Å². The molecule has 0 amide bonds. The number of aryl methyl sites for hydroxylation is 1. The first kappa shape index (κ1) is 16.1. The molecule has 0 aliphatic heterocycles. The maximum Gasteiger partial charge on any atom is 0.162 e. The summed E-state index contributed by atoms with van der Waals surface area (Å²) in [4.78, 5) is 17.8. The van der Waals surface area contributed by atoms with Crippen molar-refractivity contribution in [3.63, 3.8) is 0 Å². The third-order valence-corrected chi connectivity index (χ3v) is 7.25. The maximum atomic E-state index is 13.2. The van der Waals surface area contributed by atoms with Gasteiger partial charge in [0.05, 0.1) is 17.1 Å². The lowest BCUT2D eigenvalue weighted by atomic mass is 9.48. The van der Waals surface area contributed by atoms with E-state index in [1.165, 1.54) is 38.5 Å². The number of carbonyl (C=O) groups is 1. The average Bonchev–Trinajstić information content (AvgIpc) is 2.91. The molecule has 0 N–H and O–H groups in total. The van der Waals surface area contributed by atoms with Gasteiger partial charge in [-0.25, -0.2) is 4.98 Å². The van der Waals surface area contributed by atoms with Crippen LogP contribution in [-0.2, 0) is 11.8 Å². The highest BCUT2D eigenvalue weighted by Crippen LogP contribution is 2.61. The van der Waals surface area contributed by atoms with Gasteiger partial charge in [-0.05, 0) is 73.8 Å². The van der Waals surface area contributed by atoms with Gasteiger partial charge in [-0.2, -0.15) is 5.26 Å². The van der Waals surface area contributed by atoms with Crippen molar-refractivity contribution >= 4 is 16.8 Å². The SMILES string of the molecule is Cn1c(C(C#N)C(=O)CC23CC4CC(CC(C4)C2)C3)nc2ccccc21. The number of fused-ring (bicyclic) bond motifs is 1. The third kappa shape index (κ3) is 2.40. The summed E-state index contributed by atoms with van der Waals surface area (Å²) >= 11 is 0. The van der Waals surface area contributed by atoms with Crippen LogP contribution in [0, 0.1) is 34.5 Å². The topological polar surface area (TPSA) is 58.7 Å².